The lowest BCUT2D eigenvalue weighted by molar-refractivity contribution is -0.0261. The van der Waals surface area contributed by atoms with Gasteiger partial charge in [-0.1, -0.05) is 0 Å². The average Bonchev–Trinajstić information content (AvgIpc) is 2.63. The average molecular weight is 254 g/mol. The summed E-state index contributed by atoms with van der Waals surface area (Å²) in [6, 6.07) is 3.95. The van der Waals surface area contributed by atoms with Gasteiger partial charge in [-0.3, -0.25) is 0 Å². The second-order valence-electron chi connectivity index (χ2n) is 4.89. The van der Waals surface area contributed by atoms with Crippen LogP contribution in [-0.4, -0.2) is 50.1 Å². The van der Waals surface area contributed by atoms with Gasteiger partial charge in [0.15, 0.2) is 0 Å². The molecule has 1 aromatic heterocycles. The van der Waals surface area contributed by atoms with Crippen molar-refractivity contribution in [3.05, 3.63) is 23.7 Å². The number of furan rings is 1. The van der Waals surface area contributed by atoms with Crippen LogP contribution in [0.2, 0.25) is 0 Å². The Kier molecular flexibility index (Phi) is 4.77. The van der Waals surface area contributed by atoms with Gasteiger partial charge in [-0.05, 0) is 19.1 Å². The summed E-state index contributed by atoms with van der Waals surface area (Å²) < 4.78 is 10.8. The number of rotatable bonds is 5. The summed E-state index contributed by atoms with van der Waals surface area (Å²) in [6.07, 6.45) is 0.832. The Bertz CT molecular complexity index is 357. The van der Waals surface area contributed by atoms with E-state index in [1.54, 1.807) is 0 Å². The fourth-order valence-corrected chi connectivity index (χ4v) is 2.04. The van der Waals surface area contributed by atoms with E-state index in [2.05, 4.69) is 10.6 Å². The molecule has 1 aromatic rings. The molecule has 18 heavy (non-hydrogen) atoms. The summed E-state index contributed by atoms with van der Waals surface area (Å²) in [5, 5.41) is 16.7. The van der Waals surface area contributed by atoms with E-state index in [0.717, 1.165) is 31.0 Å². The molecule has 1 fully saturated rings. The number of aryl methyl sites for hydroxylation is 1. The quantitative estimate of drug-likeness (QED) is 0.649. The van der Waals surface area contributed by atoms with E-state index in [9.17, 15) is 5.11 Å². The normalized spacial score (nSPS) is 25.0. The number of hydrogen-bond acceptors (Lipinski definition) is 5. The van der Waals surface area contributed by atoms with Crippen molar-refractivity contribution in [2.24, 2.45) is 0 Å². The van der Waals surface area contributed by atoms with Gasteiger partial charge in [-0.2, -0.15) is 0 Å². The Hall–Kier alpha value is -0.880. The van der Waals surface area contributed by atoms with Crippen LogP contribution in [0.1, 0.15) is 11.5 Å². The van der Waals surface area contributed by atoms with Crippen molar-refractivity contribution >= 4 is 0 Å². The minimum Gasteiger partial charge on any atom is -0.466 e. The van der Waals surface area contributed by atoms with Gasteiger partial charge in [0.1, 0.15) is 17.1 Å². The minimum atomic E-state index is -0.810. The highest BCUT2D eigenvalue weighted by Crippen LogP contribution is 2.07. The van der Waals surface area contributed by atoms with Crippen molar-refractivity contribution in [2.75, 3.05) is 39.4 Å². The van der Waals surface area contributed by atoms with Crippen LogP contribution in [0.3, 0.4) is 0 Å². The summed E-state index contributed by atoms with van der Waals surface area (Å²) in [6.45, 7) is 5.66. The molecule has 0 bridgehead atoms. The highest BCUT2D eigenvalue weighted by Gasteiger charge is 2.28. The predicted molar refractivity (Wildman–Crippen MR) is 68.7 cm³/mol. The maximum Gasteiger partial charge on any atom is 0.113 e. The molecule has 1 saturated heterocycles. The maximum atomic E-state index is 10.3. The molecule has 1 atom stereocenters. The first-order chi connectivity index (χ1) is 8.68. The zero-order valence-corrected chi connectivity index (χ0v) is 10.9. The summed E-state index contributed by atoms with van der Waals surface area (Å²) in [5.41, 5.74) is -0.810. The zero-order chi connectivity index (χ0) is 12.8. The van der Waals surface area contributed by atoms with Gasteiger partial charge in [-0.25, -0.2) is 0 Å². The van der Waals surface area contributed by atoms with E-state index < -0.39 is 5.60 Å². The number of nitrogens with one attached hydrogen (secondary N) is 2. The Balaban J connectivity index is 1.67. The molecule has 5 heteroatoms. The van der Waals surface area contributed by atoms with E-state index in [1.165, 1.54) is 0 Å². The standard InChI is InChI=1S/C13H22N2O3/c1-11-2-3-12(18-11)4-5-14-8-13(16)9-15-6-7-17-10-13/h2-3,14-16H,4-10H2,1H3/t13-/m0/s1. The fourth-order valence-electron chi connectivity index (χ4n) is 2.04. The summed E-state index contributed by atoms with van der Waals surface area (Å²) in [7, 11) is 0. The molecule has 0 aliphatic carbocycles. The summed E-state index contributed by atoms with van der Waals surface area (Å²) >= 11 is 0. The molecular weight excluding hydrogens is 232 g/mol. The maximum absolute atomic E-state index is 10.3. The van der Waals surface area contributed by atoms with Gasteiger partial charge in [0.2, 0.25) is 0 Å². The van der Waals surface area contributed by atoms with Crippen LogP contribution in [0.4, 0.5) is 0 Å². The molecule has 3 N–H and O–H groups in total. The van der Waals surface area contributed by atoms with Gasteiger partial charge in [-0.15, -0.1) is 0 Å². The largest absolute Gasteiger partial charge is 0.466 e. The molecule has 0 amide bonds. The first kappa shape index (κ1) is 13.5. The second kappa shape index (κ2) is 6.33. The van der Waals surface area contributed by atoms with Crippen LogP contribution in [0.25, 0.3) is 0 Å². The molecule has 0 aromatic carbocycles. The van der Waals surface area contributed by atoms with Gasteiger partial charge in [0.25, 0.3) is 0 Å². The van der Waals surface area contributed by atoms with Crippen LogP contribution in [0, 0.1) is 6.92 Å². The monoisotopic (exact) mass is 254 g/mol. The third-order valence-electron chi connectivity index (χ3n) is 3.05. The molecule has 2 rings (SSSR count). The predicted octanol–water partition coefficient (Wildman–Crippen LogP) is 0.0710. The van der Waals surface area contributed by atoms with E-state index in [4.69, 9.17) is 9.15 Å². The van der Waals surface area contributed by atoms with E-state index in [1.807, 2.05) is 19.1 Å². The zero-order valence-electron chi connectivity index (χ0n) is 10.9. The van der Waals surface area contributed by atoms with Crippen molar-refractivity contribution < 1.29 is 14.3 Å². The van der Waals surface area contributed by atoms with Crippen LogP contribution in [0.15, 0.2) is 16.5 Å². The third-order valence-corrected chi connectivity index (χ3v) is 3.05. The number of aliphatic hydroxyl groups is 1. The van der Waals surface area contributed by atoms with Crippen LogP contribution < -0.4 is 10.6 Å². The smallest absolute Gasteiger partial charge is 0.113 e. The highest BCUT2D eigenvalue weighted by molar-refractivity contribution is 5.05. The Morgan fingerprint density at radius 3 is 3.17 bits per heavy atom. The van der Waals surface area contributed by atoms with Gasteiger partial charge in [0.05, 0.1) is 13.2 Å². The second-order valence-corrected chi connectivity index (χ2v) is 4.89. The van der Waals surface area contributed by atoms with Crippen LogP contribution >= 0.6 is 0 Å². The molecule has 0 radical (unpaired) electrons. The van der Waals surface area contributed by atoms with Crippen molar-refractivity contribution in [1.82, 2.24) is 10.6 Å². The Morgan fingerprint density at radius 1 is 1.50 bits per heavy atom. The lowest BCUT2D eigenvalue weighted by Gasteiger charge is -2.26. The van der Waals surface area contributed by atoms with Crippen molar-refractivity contribution in [1.29, 1.82) is 0 Å². The van der Waals surface area contributed by atoms with E-state index >= 15 is 0 Å². The number of hydrogen-bond donors (Lipinski definition) is 3. The van der Waals surface area contributed by atoms with E-state index in [0.29, 0.717) is 26.3 Å². The number of ether oxygens (including phenoxy) is 1. The molecule has 0 saturated carbocycles. The fraction of sp³-hybridized carbons (Fsp3) is 0.692. The van der Waals surface area contributed by atoms with Gasteiger partial charge < -0.3 is 24.9 Å². The minimum absolute atomic E-state index is 0.382. The van der Waals surface area contributed by atoms with Crippen LogP contribution in [-0.2, 0) is 11.2 Å². The molecule has 2 heterocycles. The molecule has 0 spiro atoms. The molecule has 0 unspecified atom stereocenters. The topological polar surface area (TPSA) is 66.7 Å². The molecule has 102 valence electrons. The lowest BCUT2D eigenvalue weighted by Crippen LogP contribution is -2.50. The van der Waals surface area contributed by atoms with Crippen LogP contribution in [0.5, 0.6) is 0 Å². The van der Waals surface area contributed by atoms with E-state index in [-0.39, 0.29) is 0 Å². The molecule has 1 aliphatic rings. The van der Waals surface area contributed by atoms with Crippen molar-refractivity contribution in [3.63, 3.8) is 0 Å². The van der Waals surface area contributed by atoms with Gasteiger partial charge >= 0.3 is 0 Å². The third kappa shape index (κ3) is 4.10. The first-order valence-electron chi connectivity index (χ1n) is 6.45. The summed E-state index contributed by atoms with van der Waals surface area (Å²) in [5.74, 6) is 1.91. The van der Waals surface area contributed by atoms with Crippen molar-refractivity contribution in [3.8, 4) is 0 Å². The summed E-state index contributed by atoms with van der Waals surface area (Å²) in [4.78, 5) is 0. The molecule has 5 nitrogen and oxygen atoms in total. The van der Waals surface area contributed by atoms with Crippen molar-refractivity contribution in [2.45, 2.75) is 18.9 Å². The van der Waals surface area contributed by atoms with Gasteiger partial charge in [0, 0.05) is 32.6 Å². The molecule has 1 aliphatic heterocycles. The SMILES string of the molecule is Cc1ccc(CCNC[C@]2(O)CNCCOC2)o1. The lowest BCUT2D eigenvalue weighted by atomic mass is 10.1. The Morgan fingerprint density at radius 2 is 2.39 bits per heavy atom. The highest BCUT2D eigenvalue weighted by atomic mass is 16.5. The molecular formula is C13H22N2O3. The number of β-amino-alcohol motifs (C(OH)–C–C–N with tert-alkyl or cyclic N) is 1. The Labute approximate surface area is 108 Å². The first-order valence-corrected chi connectivity index (χ1v) is 6.45.